The largest absolute Gasteiger partial charge is 0.360 e. The van der Waals surface area contributed by atoms with Crippen LogP contribution in [0.2, 0.25) is 0 Å². The second-order valence-electron chi connectivity index (χ2n) is 6.50. The van der Waals surface area contributed by atoms with E-state index in [1.165, 1.54) is 11.3 Å². The van der Waals surface area contributed by atoms with Crippen molar-refractivity contribution < 1.29 is 4.52 Å². The van der Waals surface area contributed by atoms with E-state index in [9.17, 15) is 0 Å². The third-order valence-corrected chi connectivity index (χ3v) is 4.83. The minimum absolute atomic E-state index is 0.542. The molecule has 0 N–H and O–H groups in total. The quantitative estimate of drug-likeness (QED) is 0.745. The molecule has 0 spiro atoms. The van der Waals surface area contributed by atoms with Gasteiger partial charge in [-0.1, -0.05) is 17.3 Å². The van der Waals surface area contributed by atoms with E-state index >= 15 is 0 Å². The second-order valence-corrected chi connectivity index (χ2v) is 6.50. The minimum Gasteiger partial charge on any atom is -0.360 e. The van der Waals surface area contributed by atoms with Crippen LogP contribution in [0.5, 0.6) is 0 Å². The van der Waals surface area contributed by atoms with Crippen LogP contribution in [-0.4, -0.2) is 32.7 Å². The van der Waals surface area contributed by atoms with E-state index in [1.807, 2.05) is 13.0 Å². The first-order chi connectivity index (χ1) is 11.2. The average molecular weight is 310 g/mol. The lowest BCUT2D eigenvalue weighted by molar-refractivity contribution is 0.181. The molecule has 1 aliphatic heterocycles. The van der Waals surface area contributed by atoms with Gasteiger partial charge in [-0.15, -0.1) is 0 Å². The van der Waals surface area contributed by atoms with Crippen LogP contribution in [0, 0.1) is 6.92 Å². The highest BCUT2D eigenvalue weighted by atomic mass is 16.5. The van der Waals surface area contributed by atoms with Gasteiger partial charge in [-0.25, -0.2) is 4.98 Å². The van der Waals surface area contributed by atoms with Gasteiger partial charge in [0.25, 0.3) is 0 Å². The fourth-order valence-electron chi connectivity index (χ4n) is 3.59. The standard InChI is InChI=1S/C18H22N4O/c1-13-11-15(23-20-13)12-22-9-7-14(8-10-22)18-19-16-5-3-4-6-17(16)21(18)2/h3-6,11,14H,7-10,12H2,1-2H3. The Bertz CT molecular complexity index is 811. The van der Waals surface area contributed by atoms with Crippen LogP contribution < -0.4 is 0 Å². The topological polar surface area (TPSA) is 47.1 Å². The number of rotatable bonds is 3. The van der Waals surface area contributed by atoms with Crippen LogP contribution >= 0.6 is 0 Å². The Morgan fingerprint density at radius 1 is 1.22 bits per heavy atom. The van der Waals surface area contributed by atoms with E-state index in [2.05, 4.69) is 45.9 Å². The summed E-state index contributed by atoms with van der Waals surface area (Å²) in [4.78, 5) is 7.31. The Morgan fingerprint density at radius 2 is 2.00 bits per heavy atom. The SMILES string of the molecule is Cc1cc(CN2CCC(c3nc4ccccc4n3C)CC2)on1. The molecular weight excluding hydrogens is 288 g/mol. The van der Waals surface area contributed by atoms with Crippen molar-refractivity contribution in [2.45, 2.75) is 32.2 Å². The summed E-state index contributed by atoms with van der Waals surface area (Å²) in [6.07, 6.45) is 2.29. The lowest BCUT2D eigenvalue weighted by Gasteiger charge is -2.30. The zero-order valence-corrected chi connectivity index (χ0v) is 13.7. The molecule has 0 saturated carbocycles. The van der Waals surface area contributed by atoms with Crippen molar-refractivity contribution in [3.05, 3.63) is 47.6 Å². The molecule has 3 aromatic rings. The molecule has 4 rings (SSSR count). The van der Waals surface area contributed by atoms with Crippen molar-refractivity contribution in [1.82, 2.24) is 19.6 Å². The van der Waals surface area contributed by atoms with E-state index in [4.69, 9.17) is 9.51 Å². The smallest absolute Gasteiger partial charge is 0.150 e. The summed E-state index contributed by atoms with van der Waals surface area (Å²) in [5, 5.41) is 3.97. The summed E-state index contributed by atoms with van der Waals surface area (Å²) < 4.78 is 7.59. The molecule has 0 radical (unpaired) electrons. The average Bonchev–Trinajstić information content (AvgIpc) is 3.12. The van der Waals surface area contributed by atoms with Gasteiger partial charge in [0.15, 0.2) is 5.76 Å². The van der Waals surface area contributed by atoms with Crippen molar-refractivity contribution in [2.24, 2.45) is 7.05 Å². The maximum Gasteiger partial charge on any atom is 0.150 e. The normalized spacial score (nSPS) is 17.1. The molecule has 23 heavy (non-hydrogen) atoms. The molecule has 1 aliphatic rings. The number of hydrogen-bond acceptors (Lipinski definition) is 4. The summed E-state index contributed by atoms with van der Waals surface area (Å²) in [5.41, 5.74) is 3.28. The van der Waals surface area contributed by atoms with Gasteiger partial charge < -0.3 is 9.09 Å². The number of para-hydroxylation sites is 2. The number of nitrogens with zero attached hydrogens (tertiary/aromatic N) is 4. The molecule has 5 nitrogen and oxygen atoms in total. The van der Waals surface area contributed by atoms with E-state index in [0.717, 1.165) is 49.4 Å². The Kier molecular flexibility index (Phi) is 3.65. The second kappa shape index (κ2) is 5.81. The van der Waals surface area contributed by atoms with Crippen molar-refractivity contribution in [1.29, 1.82) is 0 Å². The van der Waals surface area contributed by atoms with E-state index in [0.29, 0.717) is 5.92 Å². The first-order valence-electron chi connectivity index (χ1n) is 8.26. The van der Waals surface area contributed by atoms with Gasteiger partial charge in [-0.05, 0) is 45.0 Å². The first kappa shape index (κ1) is 14.5. The molecule has 0 aliphatic carbocycles. The number of imidazole rings is 1. The predicted octanol–water partition coefficient (Wildman–Crippen LogP) is 3.25. The molecule has 0 unspecified atom stereocenters. The number of aromatic nitrogens is 3. The zero-order chi connectivity index (χ0) is 15.8. The lowest BCUT2D eigenvalue weighted by atomic mass is 9.96. The predicted molar refractivity (Wildman–Crippen MR) is 89.2 cm³/mol. The van der Waals surface area contributed by atoms with Gasteiger partial charge in [-0.3, -0.25) is 4.90 Å². The maximum absolute atomic E-state index is 5.33. The third-order valence-electron chi connectivity index (χ3n) is 4.83. The van der Waals surface area contributed by atoms with Crippen molar-refractivity contribution in [3.8, 4) is 0 Å². The monoisotopic (exact) mass is 310 g/mol. The molecule has 0 bridgehead atoms. The van der Waals surface area contributed by atoms with Gasteiger partial charge in [0, 0.05) is 19.0 Å². The third kappa shape index (κ3) is 2.77. The molecule has 5 heteroatoms. The lowest BCUT2D eigenvalue weighted by Crippen LogP contribution is -2.33. The summed E-state index contributed by atoms with van der Waals surface area (Å²) >= 11 is 0. The highest BCUT2D eigenvalue weighted by Crippen LogP contribution is 2.30. The van der Waals surface area contributed by atoms with Crippen LogP contribution in [0.4, 0.5) is 0 Å². The van der Waals surface area contributed by atoms with Crippen LogP contribution in [-0.2, 0) is 13.6 Å². The molecule has 2 aromatic heterocycles. The van der Waals surface area contributed by atoms with Gasteiger partial charge in [-0.2, -0.15) is 0 Å². The maximum atomic E-state index is 5.33. The summed E-state index contributed by atoms with van der Waals surface area (Å²) in [6.45, 7) is 4.97. The first-order valence-corrected chi connectivity index (χ1v) is 8.26. The van der Waals surface area contributed by atoms with Gasteiger partial charge >= 0.3 is 0 Å². The molecule has 1 saturated heterocycles. The molecule has 1 fully saturated rings. The number of aryl methyl sites for hydroxylation is 2. The number of likely N-dealkylation sites (tertiary alicyclic amines) is 1. The van der Waals surface area contributed by atoms with E-state index < -0.39 is 0 Å². The minimum atomic E-state index is 0.542. The molecule has 120 valence electrons. The molecule has 3 heterocycles. The number of piperidine rings is 1. The van der Waals surface area contributed by atoms with Crippen molar-refractivity contribution in [3.63, 3.8) is 0 Å². The van der Waals surface area contributed by atoms with Crippen LogP contribution in [0.1, 0.15) is 36.0 Å². The fourth-order valence-corrected chi connectivity index (χ4v) is 3.59. The van der Waals surface area contributed by atoms with Crippen LogP contribution in [0.25, 0.3) is 11.0 Å². The fraction of sp³-hybridized carbons (Fsp3) is 0.444. The van der Waals surface area contributed by atoms with Gasteiger partial charge in [0.1, 0.15) is 5.82 Å². The number of fused-ring (bicyclic) bond motifs is 1. The highest BCUT2D eigenvalue weighted by molar-refractivity contribution is 5.75. The summed E-state index contributed by atoms with van der Waals surface area (Å²) in [7, 11) is 2.13. The van der Waals surface area contributed by atoms with Crippen LogP contribution in [0.15, 0.2) is 34.9 Å². The van der Waals surface area contributed by atoms with Crippen molar-refractivity contribution in [2.75, 3.05) is 13.1 Å². The number of hydrogen-bond donors (Lipinski definition) is 0. The zero-order valence-electron chi connectivity index (χ0n) is 13.7. The van der Waals surface area contributed by atoms with E-state index in [-0.39, 0.29) is 0 Å². The summed E-state index contributed by atoms with van der Waals surface area (Å²) in [5.74, 6) is 2.73. The number of benzene rings is 1. The van der Waals surface area contributed by atoms with Gasteiger partial charge in [0.05, 0.1) is 23.3 Å². The Balaban J connectivity index is 1.45. The Morgan fingerprint density at radius 3 is 2.70 bits per heavy atom. The highest BCUT2D eigenvalue weighted by Gasteiger charge is 2.25. The molecule has 0 amide bonds. The van der Waals surface area contributed by atoms with Gasteiger partial charge in [0.2, 0.25) is 0 Å². The van der Waals surface area contributed by atoms with E-state index in [1.54, 1.807) is 0 Å². The van der Waals surface area contributed by atoms with Crippen molar-refractivity contribution >= 4 is 11.0 Å². The Hall–Kier alpha value is -2.14. The Labute approximate surface area is 135 Å². The summed E-state index contributed by atoms with van der Waals surface area (Å²) in [6, 6.07) is 10.4. The molecular formula is C18H22N4O. The molecule has 0 atom stereocenters. The molecule has 1 aromatic carbocycles. The van der Waals surface area contributed by atoms with Crippen LogP contribution in [0.3, 0.4) is 0 Å².